The van der Waals surface area contributed by atoms with E-state index >= 15 is 0 Å². The van der Waals surface area contributed by atoms with Gasteiger partial charge in [0.1, 0.15) is 0 Å². The maximum absolute atomic E-state index is 5.57. The predicted molar refractivity (Wildman–Crippen MR) is 88.9 cm³/mol. The van der Waals surface area contributed by atoms with E-state index < -0.39 is 0 Å². The summed E-state index contributed by atoms with van der Waals surface area (Å²) in [5, 5.41) is 0. The van der Waals surface area contributed by atoms with Crippen LogP contribution in [0.15, 0.2) is 59.8 Å². The third-order valence-corrected chi connectivity index (χ3v) is 3.82. The first-order valence-electron chi connectivity index (χ1n) is 7.00. The fourth-order valence-corrected chi connectivity index (χ4v) is 2.62. The van der Waals surface area contributed by atoms with Crippen molar-refractivity contribution in [1.29, 1.82) is 0 Å². The Morgan fingerprint density at radius 3 is 2.55 bits per heavy atom. The van der Waals surface area contributed by atoms with Gasteiger partial charge in [-0.05, 0) is 0 Å². The fraction of sp³-hybridized carbons (Fsp3) is 0.278. The summed E-state index contributed by atoms with van der Waals surface area (Å²) in [6.45, 7) is 10.3. The van der Waals surface area contributed by atoms with Crippen molar-refractivity contribution >= 4 is 18.0 Å². The fourth-order valence-electron chi connectivity index (χ4n) is 2.62. The second kappa shape index (κ2) is 6.56. The van der Waals surface area contributed by atoms with Crippen LogP contribution in [0.25, 0.3) is 5.57 Å². The van der Waals surface area contributed by atoms with Gasteiger partial charge >= 0.3 is 122 Å². The summed E-state index contributed by atoms with van der Waals surface area (Å²) in [5.41, 5.74) is 6.38. The monoisotopic (exact) mass is 264 g/mol. The molecule has 0 amide bonds. The Morgan fingerprint density at radius 1 is 1.25 bits per heavy atom. The van der Waals surface area contributed by atoms with Crippen molar-refractivity contribution in [3.63, 3.8) is 0 Å². The molecule has 102 valence electrons. The van der Waals surface area contributed by atoms with Crippen molar-refractivity contribution in [1.82, 2.24) is 0 Å². The minimum atomic E-state index is 0.953. The van der Waals surface area contributed by atoms with E-state index in [0.717, 1.165) is 24.1 Å². The van der Waals surface area contributed by atoms with Crippen molar-refractivity contribution in [2.45, 2.75) is 26.7 Å². The summed E-state index contributed by atoms with van der Waals surface area (Å²) in [4.78, 5) is 0. The third-order valence-electron chi connectivity index (χ3n) is 3.82. The van der Waals surface area contributed by atoms with E-state index in [9.17, 15) is 0 Å². The van der Waals surface area contributed by atoms with Crippen LogP contribution in [-0.4, -0.2) is 19.5 Å². The predicted octanol–water partition coefficient (Wildman–Crippen LogP) is 4.19. The summed E-state index contributed by atoms with van der Waals surface area (Å²) >= 11 is 0. The van der Waals surface area contributed by atoms with E-state index in [2.05, 4.69) is 57.7 Å². The standard InChI is InChI=1S/C18H21BO/c1-5-13(2)19-18-14(3)16(11-12-17(18)20-4)15-9-7-6-8-10-15/h5-10H,1,11-12H2,2-4H3. The van der Waals surface area contributed by atoms with Crippen LogP contribution in [0.3, 0.4) is 0 Å². The minimum absolute atomic E-state index is 0.953. The van der Waals surface area contributed by atoms with Gasteiger partial charge in [-0.2, -0.15) is 0 Å². The molecule has 2 rings (SSSR count). The first-order valence-corrected chi connectivity index (χ1v) is 7.00. The molecule has 0 saturated carbocycles. The molecule has 0 radical (unpaired) electrons. The molecule has 2 heteroatoms. The SMILES string of the molecule is C=C/C(C)=B\C1=C(OC)CCC(c2ccccc2)=C1C. The molecule has 0 spiro atoms. The summed E-state index contributed by atoms with van der Waals surface area (Å²) in [6, 6.07) is 10.6. The van der Waals surface area contributed by atoms with Gasteiger partial charge in [0.2, 0.25) is 0 Å². The number of allylic oxidation sites excluding steroid dienone is 5. The molecule has 1 aliphatic rings. The molecule has 1 nitrogen and oxygen atoms in total. The topological polar surface area (TPSA) is 9.23 Å². The summed E-state index contributed by atoms with van der Waals surface area (Å²) < 4.78 is 5.57. The molecule has 0 heterocycles. The van der Waals surface area contributed by atoms with Crippen LogP contribution < -0.4 is 0 Å². The second-order valence-electron chi connectivity index (χ2n) is 5.10. The zero-order chi connectivity index (χ0) is 14.5. The molecular weight excluding hydrogens is 243 g/mol. The van der Waals surface area contributed by atoms with Crippen LogP contribution in [0.2, 0.25) is 0 Å². The Bertz CT molecular complexity index is 591. The maximum atomic E-state index is 5.57. The van der Waals surface area contributed by atoms with E-state index in [0.29, 0.717) is 0 Å². The zero-order valence-electron chi connectivity index (χ0n) is 12.6. The van der Waals surface area contributed by atoms with Gasteiger partial charge in [-0.25, -0.2) is 0 Å². The quantitative estimate of drug-likeness (QED) is 0.741. The van der Waals surface area contributed by atoms with Gasteiger partial charge in [0.05, 0.1) is 0 Å². The van der Waals surface area contributed by atoms with Crippen LogP contribution in [0.1, 0.15) is 32.3 Å². The van der Waals surface area contributed by atoms with Crippen LogP contribution in [0.4, 0.5) is 0 Å². The van der Waals surface area contributed by atoms with Gasteiger partial charge in [0.15, 0.2) is 0 Å². The van der Waals surface area contributed by atoms with Gasteiger partial charge < -0.3 is 0 Å². The third kappa shape index (κ3) is 3.01. The average molecular weight is 264 g/mol. The number of ether oxygens (including phenoxy) is 1. The Labute approximate surface area is 122 Å². The van der Waals surface area contributed by atoms with Crippen molar-refractivity contribution in [3.05, 3.63) is 65.4 Å². The van der Waals surface area contributed by atoms with Gasteiger partial charge in [0, 0.05) is 0 Å². The molecule has 1 aliphatic carbocycles. The number of methoxy groups -OCH3 is 1. The van der Waals surface area contributed by atoms with Gasteiger partial charge in [-0.3, -0.25) is 0 Å². The molecule has 0 aromatic heterocycles. The van der Waals surface area contributed by atoms with Gasteiger partial charge in [-0.1, -0.05) is 0 Å². The average Bonchev–Trinajstić information content (AvgIpc) is 2.49. The van der Waals surface area contributed by atoms with E-state index in [-0.39, 0.29) is 0 Å². The number of rotatable bonds is 4. The first-order chi connectivity index (χ1) is 9.67. The Hall–Kier alpha value is -1.83. The van der Waals surface area contributed by atoms with Crippen LogP contribution in [0.5, 0.6) is 0 Å². The zero-order valence-corrected chi connectivity index (χ0v) is 12.6. The van der Waals surface area contributed by atoms with Gasteiger partial charge in [0.25, 0.3) is 0 Å². The van der Waals surface area contributed by atoms with Crippen molar-refractivity contribution < 1.29 is 4.74 Å². The number of benzene rings is 1. The van der Waals surface area contributed by atoms with E-state index in [4.69, 9.17) is 4.74 Å². The molecule has 0 saturated heterocycles. The molecule has 0 atom stereocenters. The van der Waals surface area contributed by atoms with Crippen LogP contribution in [0, 0.1) is 0 Å². The van der Waals surface area contributed by atoms with Crippen LogP contribution in [-0.2, 0) is 4.74 Å². The van der Waals surface area contributed by atoms with Crippen LogP contribution >= 0.6 is 0 Å². The van der Waals surface area contributed by atoms with Crippen molar-refractivity contribution in [2.75, 3.05) is 7.11 Å². The van der Waals surface area contributed by atoms with E-state index in [1.165, 1.54) is 22.2 Å². The summed E-state index contributed by atoms with van der Waals surface area (Å²) in [5.74, 6) is 1.07. The summed E-state index contributed by atoms with van der Waals surface area (Å²) in [6.07, 6.45) is 3.86. The normalized spacial score (nSPS) is 16.1. The van der Waals surface area contributed by atoms with E-state index in [1.54, 1.807) is 7.11 Å². The van der Waals surface area contributed by atoms with Crippen molar-refractivity contribution in [3.8, 4) is 0 Å². The molecular formula is C18H21BO. The molecule has 1 aromatic carbocycles. The molecule has 1 aromatic rings. The molecule has 0 unspecified atom stereocenters. The molecule has 0 fully saturated rings. The molecule has 0 aliphatic heterocycles. The molecule has 0 N–H and O–H groups in total. The molecule has 0 bridgehead atoms. The second-order valence-corrected chi connectivity index (χ2v) is 5.10. The molecule has 20 heavy (non-hydrogen) atoms. The van der Waals surface area contributed by atoms with Gasteiger partial charge in [-0.15, -0.1) is 0 Å². The van der Waals surface area contributed by atoms with Crippen molar-refractivity contribution in [2.24, 2.45) is 0 Å². The Balaban J connectivity index is 2.53. The number of hydrogen-bond acceptors (Lipinski definition) is 1. The number of hydrogen-bond donors (Lipinski definition) is 0. The van der Waals surface area contributed by atoms with E-state index in [1.807, 2.05) is 6.08 Å². The Morgan fingerprint density at radius 2 is 1.95 bits per heavy atom. The Kier molecular flexibility index (Phi) is 4.78. The first kappa shape index (κ1) is 14.6. The summed E-state index contributed by atoms with van der Waals surface area (Å²) in [7, 11) is 1.76.